The van der Waals surface area contributed by atoms with Crippen molar-refractivity contribution in [2.45, 2.75) is 24.8 Å². The van der Waals surface area contributed by atoms with Gasteiger partial charge in [-0.15, -0.1) is 0 Å². The van der Waals surface area contributed by atoms with E-state index in [4.69, 9.17) is 0 Å². The zero-order valence-electron chi connectivity index (χ0n) is 9.50. The molecule has 0 spiro atoms. The first-order valence-electron chi connectivity index (χ1n) is 4.82. The molecule has 0 saturated heterocycles. The molecule has 0 fully saturated rings. The van der Waals surface area contributed by atoms with Crippen molar-refractivity contribution in [3.63, 3.8) is 0 Å². The van der Waals surface area contributed by atoms with E-state index >= 15 is 0 Å². The number of benzene rings is 1. The number of hydrogen-bond donors (Lipinski definition) is 1. The number of carbonyl (C=O) groups is 1. The van der Waals surface area contributed by atoms with Gasteiger partial charge in [-0.25, -0.2) is 26.3 Å². The van der Waals surface area contributed by atoms with E-state index in [9.17, 15) is 26.4 Å². The Hall–Kier alpha value is -1.41. The highest BCUT2D eigenvalue weighted by Crippen LogP contribution is 2.20. The molecule has 0 heterocycles. The van der Waals surface area contributed by atoms with E-state index < -0.39 is 44.2 Å². The van der Waals surface area contributed by atoms with Crippen LogP contribution in [0.15, 0.2) is 17.0 Å². The highest BCUT2D eigenvalue weighted by Gasteiger charge is 2.27. The number of hydrogen-bond acceptors (Lipinski definition) is 3. The molecule has 4 nitrogen and oxygen atoms in total. The van der Waals surface area contributed by atoms with Gasteiger partial charge in [0.15, 0.2) is 4.90 Å². The van der Waals surface area contributed by atoms with Gasteiger partial charge in [0.1, 0.15) is 23.2 Å². The molecular weight excluding hydrogens is 271 g/mol. The van der Waals surface area contributed by atoms with Gasteiger partial charge in [-0.2, -0.15) is 0 Å². The predicted molar refractivity (Wildman–Crippen MR) is 56.8 cm³/mol. The third-order valence-corrected chi connectivity index (χ3v) is 3.76. The Bertz CT molecular complexity index is 563. The van der Waals surface area contributed by atoms with Crippen LogP contribution in [0.3, 0.4) is 0 Å². The molecule has 0 aliphatic heterocycles. The van der Waals surface area contributed by atoms with Gasteiger partial charge in [0, 0.05) is 12.1 Å². The number of halogens is 3. The summed E-state index contributed by atoms with van der Waals surface area (Å²) in [6.07, 6.45) is 0. The second-order valence-electron chi connectivity index (χ2n) is 3.65. The summed E-state index contributed by atoms with van der Waals surface area (Å²) >= 11 is 0. The molecule has 0 aliphatic rings. The number of sulfonamides is 1. The average molecular weight is 281 g/mol. The number of Topliss-reactive ketones (excluding diaryl/α,β-unsaturated/α-hetero) is 1. The van der Waals surface area contributed by atoms with Crippen LogP contribution in [0, 0.1) is 17.5 Å². The van der Waals surface area contributed by atoms with Gasteiger partial charge in [-0.3, -0.25) is 4.79 Å². The van der Waals surface area contributed by atoms with Gasteiger partial charge in [-0.1, -0.05) is 0 Å². The van der Waals surface area contributed by atoms with Crippen LogP contribution in [-0.2, 0) is 14.8 Å². The molecule has 0 radical (unpaired) electrons. The van der Waals surface area contributed by atoms with Crippen LogP contribution in [0.5, 0.6) is 0 Å². The van der Waals surface area contributed by atoms with E-state index in [0.717, 1.165) is 6.92 Å². The molecule has 1 aromatic rings. The van der Waals surface area contributed by atoms with Gasteiger partial charge in [0.05, 0.1) is 6.04 Å². The van der Waals surface area contributed by atoms with Crippen molar-refractivity contribution in [3.8, 4) is 0 Å². The predicted octanol–water partition coefficient (Wildman–Crippen LogP) is 1.36. The number of nitrogens with one attached hydrogen (secondary N) is 1. The maximum atomic E-state index is 13.3. The number of rotatable bonds is 4. The molecule has 0 aliphatic carbocycles. The fourth-order valence-electron chi connectivity index (χ4n) is 1.16. The molecule has 1 unspecified atom stereocenters. The Kier molecular flexibility index (Phi) is 4.12. The molecule has 1 rings (SSSR count). The first-order chi connectivity index (χ1) is 8.15. The Morgan fingerprint density at radius 2 is 1.67 bits per heavy atom. The summed E-state index contributed by atoms with van der Waals surface area (Å²) in [6, 6.07) is -0.648. The summed E-state index contributed by atoms with van der Waals surface area (Å²) < 4.78 is 64.2. The molecule has 0 saturated carbocycles. The van der Waals surface area contributed by atoms with Crippen LogP contribution in [0.4, 0.5) is 13.2 Å². The monoisotopic (exact) mass is 281 g/mol. The van der Waals surface area contributed by atoms with E-state index in [1.807, 2.05) is 0 Å². The first kappa shape index (κ1) is 14.7. The molecule has 1 aromatic carbocycles. The van der Waals surface area contributed by atoms with E-state index in [1.54, 1.807) is 4.72 Å². The Morgan fingerprint density at radius 1 is 1.22 bits per heavy atom. The lowest BCUT2D eigenvalue weighted by Gasteiger charge is -2.12. The minimum absolute atomic E-state index is 0.246. The Balaban J connectivity index is 3.25. The Labute approximate surface area is 102 Å². The summed E-state index contributed by atoms with van der Waals surface area (Å²) in [6.45, 7) is 2.34. The molecule has 0 amide bonds. The normalized spacial score (nSPS) is 13.4. The molecule has 8 heteroatoms. The van der Waals surface area contributed by atoms with Crippen molar-refractivity contribution in [1.82, 2.24) is 4.72 Å². The average Bonchev–Trinajstić information content (AvgIpc) is 2.13. The molecule has 100 valence electrons. The molecule has 18 heavy (non-hydrogen) atoms. The quantitative estimate of drug-likeness (QED) is 0.906. The van der Waals surface area contributed by atoms with Crippen molar-refractivity contribution in [2.24, 2.45) is 0 Å². The second kappa shape index (κ2) is 5.07. The third kappa shape index (κ3) is 3.08. The minimum atomic E-state index is -4.57. The maximum absolute atomic E-state index is 13.3. The zero-order chi connectivity index (χ0) is 14.1. The largest absolute Gasteiger partial charge is 0.298 e. The van der Waals surface area contributed by atoms with Gasteiger partial charge in [0.25, 0.3) is 0 Å². The van der Waals surface area contributed by atoms with Crippen LogP contribution >= 0.6 is 0 Å². The van der Waals surface area contributed by atoms with Crippen LogP contribution in [0.2, 0.25) is 0 Å². The van der Waals surface area contributed by atoms with E-state index in [1.165, 1.54) is 6.92 Å². The van der Waals surface area contributed by atoms with Crippen LogP contribution < -0.4 is 4.72 Å². The highest BCUT2D eigenvalue weighted by atomic mass is 32.2. The summed E-state index contributed by atoms with van der Waals surface area (Å²) in [7, 11) is -4.57. The van der Waals surface area contributed by atoms with Gasteiger partial charge in [0.2, 0.25) is 10.0 Å². The van der Waals surface area contributed by atoms with E-state index in [-0.39, 0.29) is 12.1 Å². The molecule has 0 aromatic heterocycles. The number of carbonyl (C=O) groups excluding carboxylic acids is 1. The fraction of sp³-hybridized carbons (Fsp3) is 0.300. The van der Waals surface area contributed by atoms with Crippen LogP contribution in [0.25, 0.3) is 0 Å². The van der Waals surface area contributed by atoms with Crippen molar-refractivity contribution in [2.75, 3.05) is 0 Å². The smallest absolute Gasteiger partial charge is 0.247 e. The topological polar surface area (TPSA) is 63.2 Å². The van der Waals surface area contributed by atoms with Gasteiger partial charge in [-0.05, 0) is 13.8 Å². The SMILES string of the molecule is CC(=O)C(C)NS(=O)(=O)c1c(F)cc(F)cc1F. The highest BCUT2D eigenvalue weighted by molar-refractivity contribution is 7.89. The van der Waals surface area contributed by atoms with Crippen LogP contribution in [0.1, 0.15) is 13.8 Å². The summed E-state index contributed by atoms with van der Waals surface area (Å²) in [5.74, 6) is -4.88. The van der Waals surface area contributed by atoms with Crippen molar-refractivity contribution < 1.29 is 26.4 Å². The fourth-order valence-corrected chi connectivity index (χ4v) is 2.54. The van der Waals surface area contributed by atoms with Crippen molar-refractivity contribution >= 4 is 15.8 Å². The van der Waals surface area contributed by atoms with Crippen molar-refractivity contribution in [1.29, 1.82) is 0 Å². The summed E-state index contributed by atoms with van der Waals surface area (Å²) in [4.78, 5) is 9.59. The van der Waals surface area contributed by atoms with E-state index in [2.05, 4.69) is 0 Å². The van der Waals surface area contributed by atoms with Gasteiger partial charge >= 0.3 is 0 Å². The standard InChI is InChI=1S/C10H10F3NO3S/c1-5(6(2)15)14-18(16,17)10-8(12)3-7(11)4-9(10)13/h3-5,14H,1-2H3. The lowest BCUT2D eigenvalue weighted by Crippen LogP contribution is -2.38. The van der Waals surface area contributed by atoms with E-state index in [0.29, 0.717) is 0 Å². The third-order valence-electron chi connectivity index (χ3n) is 2.17. The van der Waals surface area contributed by atoms with Gasteiger partial charge < -0.3 is 0 Å². The molecular formula is C10H10F3NO3S. The molecule has 1 N–H and O–H groups in total. The summed E-state index contributed by atoms with van der Waals surface area (Å²) in [5, 5.41) is 0. The number of ketones is 1. The summed E-state index contributed by atoms with van der Waals surface area (Å²) in [5.41, 5.74) is 0. The maximum Gasteiger partial charge on any atom is 0.247 e. The minimum Gasteiger partial charge on any atom is -0.298 e. The lowest BCUT2D eigenvalue weighted by molar-refractivity contribution is -0.118. The molecule has 1 atom stereocenters. The molecule has 0 bridgehead atoms. The zero-order valence-corrected chi connectivity index (χ0v) is 10.3. The van der Waals surface area contributed by atoms with Crippen LogP contribution in [-0.4, -0.2) is 20.2 Å². The van der Waals surface area contributed by atoms with Crippen molar-refractivity contribution in [3.05, 3.63) is 29.6 Å². The Morgan fingerprint density at radius 3 is 2.06 bits per heavy atom. The lowest BCUT2D eigenvalue weighted by atomic mass is 10.3. The first-order valence-corrected chi connectivity index (χ1v) is 6.31. The second-order valence-corrected chi connectivity index (χ2v) is 5.30.